The molecular formula is C23H28BrN3O7S. The number of benzene rings is 2. The number of hydrogen-bond donors (Lipinski definition) is 3. The molecule has 1 saturated heterocycles. The monoisotopic (exact) mass is 569 g/mol. The number of carbonyl (C=O) groups excluding carboxylic acids is 2. The smallest absolute Gasteiger partial charge is 0.409 e. The molecule has 35 heavy (non-hydrogen) atoms. The van der Waals surface area contributed by atoms with Crippen molar-refractivity contribution < 1.29 is 33.0 Å². The lowest BCUT2D eigenvalue weighted by Crippen LogP contribution is -2.54. The van der Waals surface area contributed by atoms with Crippen molar-refractivity contribution in [2.45, 2.75) is 18.9 Å². The van der Waals surface area contributed by atoms with Crippen LogP contribution in [0.2, 0.25) is 0 Å². The number of halogens is 1. The van der Waals surface area contributed by atoms with Crippen LogP contribution in [0.15, 0.2) is 53.0 Å². The van der Waals surface area contributed by atoms with Crippen LogP contribution in [0.5, 0.6) is 0 Å². The fourth-order valence-electron chi connectivity index (χ4n) is 4.07. The number of hydrogen-bond acceptors (Lipinski definition) is 6. The molecule has 0 aliphatic carbocycles. The highest BCUT2D eigenvalue weighted by Gasteiger charge is 2.39. The van der Waals surface area contributed by atoms with E-state index in [0.717, 1.165) is 19.9 Å². The number of nitrogens with one attached hydrogen (secondary N) is 1. The molecule has 0 radical (unpaired) electrons. The van der Waals surface area contributed by atoms with Gasteiger partial charge in [0.05, 0.1) is 12.3 Å². The fourth-order valence-corrected chi connectivity index (χ4v) is 5.10. The van der Waals surface area contributed by atoms with Crippen LogP contribution in [-0.4, -0.2) is 70.3 Å². The molecule has 2 amide bonds. The molecule has 2 aromatic rings. The highest BCUT2D eigenvalue weighted by atomic mass is 79.9. The van der Waals surface area contributed by atoms with Crippen LogP contribution in [0.4, 0.5) is 10.5 Å². The first-order valence-corrected chi connectivity index (χ1v) is 12.8. The molecular weight excluding hydrogens is 542 g/mol. The molecule has 190 valence electrons. The molecule has 0 aromatic heterocycles. The standard InChI is InChI=1S/C23H28BrN3O7S/c1-33-14-15-34-23(29)26-12-10-18(11-13-26)21(22(28)25-30)27(35(31)32)20-8-4-17(5-9-20)16-2-6-19(24)7-3-16/h2-9,18,21,30H,10-15H2,1H3,(H,25,28)(H,31,32). The largest absolute Gasteiger partial charge is 0.447 e. The Labute approximate surface area is 214 Å². The van der Waals surface area contributed by atoms with E-state index < -0.39 is 35.2 Å². The van der Waals surface area contributed by atoms with Gasteiger partial charge in [-0.2, -0.15) is 0 Å². The maximum atomic E-state index is 12.7. The number of rotatable bonds is 9. The maximum absolute atomic E-state index is 12.7. The summed E-state index contributed by atoms with van der Waals surface area (Å²) in [6.45, 7) is 1.04. The first kappa shape index (κ1) is 27.1. The Balaban J connectivity index is 1.77. The lowest BCUT2D eigenvalue weighted by molar-refractivity contribution is -0.131. The molecule has 3 rings (SSSR count). The van der Waals surface area contributed by atoms with E-state index in [0.29, 0.717) is 38.2 Å². The van der Waals surface area contributed by atoms with E-state index in [9.17, 15) is 23.6 Å². The van der Waals surface area contributed by atoms with E-state index in [1.165, 1.54) is 12.0 Å². The van der Waals surface area contributed by atoms with E-state index in [2.05, 4.69) is 15.9 Å². The summed E-state index contributed by atoms with van der Waals surface area (Å²) >= 11 is 0.855. The number of piperidine rings is 1. The van der Waals surface area contributed by atoms with Crippen molar-refractivity contribution in [2.75, 3.05) is 37.7 Å². The third-order valence-corrected chi connectivity index (χ3v) is 7.16. The molecule has 0 bridgehead atoms. The zero-order valence-electron chi connectivity index (χ0n) is 19.1. The molecule has 3 N–H and O–H groups in total. The molecule has 1 heterocycles. The summed E-state index contributed by atoms with van der Waals surface area (Å²) in [6.07, 6.45) is 0.277. The Bertz CT molecular complexity index is 1010. The van der Waals surface area contributed by atoms with Crippen LogP contribution < -0.4 is 9.79 Å². The van der Waals surface area contributed by atoms with Gasteiger partial charge in [0, 0.05) is 24.7 Å². The van der Waals surface area contributed by atoms with Crippen LogP contribution in [0.3, 0.4) is 0 Å². The Morgan fingerprint density at radius 1 is 1.11 bits per heavy atom. The third-order valence-electron chi connectivity index (χ3n) is 5.86. The summed E-state index contributed by atoms with van der Waals surface area (Å²) in [5, 5.41) is 9.38. The number of likely N-dealkylation sites (tertiary alicyclic amines) is 1. The number of ether oxygens (including phenoxy) is 2. The minimum Gasteiger partial charge on any atom is -0.447 e. The zero-order valence-corrected chi connectivity index (χ0v) is 21.5. The Kier molecular flexibility index (Phi) is 10.0. The number of methoxy groups -OCH3 is 1. The lowest BCUT2D eigenvalue weighted by atomic mass is 9.88. The molecule has 1 aliphatic rings. The van der Waals surface area contributed by atoms with E-state index >= 15 is 0 Å². The number of hydroxylamine groups is 1. The predicted octanol–water partition coefficient (Wildman–Crippen LogP) is 3.43. The predicted molar refractivity (Wildman–Crippen MR) is 134 cm³/mol. The molecule has 12 heteroatoms. The van der Waals surface area contributed by atoms with Gasteiger partial charge in [0.2, 0.25) is 0 Å². The van der Waals surface area contributed by atoms with E-state index in [1.54, 1.807) is 29.7 Å². The van der Waals surface area contributed by atoms with Gasteiger partial charge in [-0.15, -0.1) is 0 Å². The molecule has 2 atom stereocenters. The molecule has 1 aliphatic heterocycles. The Morgan fingerprint density at radius 3 is 2.20 bits per heavy atom. The molecule has 0 saturated carbocycles. The van der Waals surface area contributed by atoms with Crippen molar-refractivity contribution in [1.29, 1.82) is 0 Å². The summed E-state index contributed by atoms with van der Waals surface area (Å²) < 4.78 is 34.5. The minimum absolute atomic E-state index is 0.137. The maximum Gasteiger partial charge on any atom is 0.409 e. The van der Waals surface area contributed by atoms with Crippen LogP contribution in [0, 0.1) is 5.92 Å². The van der Waals surface area contributed by atoms with Gasteiger partial charge in [-0.3, -0.25) is 18.9 Å². The van der Waals surface area contributed by atoms with E-state index in [4.69, 9.17) is 9.47 Å². The van der Waals surface area contributed by atoms with E-state index in [-0.39, 0.29) is 6.61 Å². The van der Waals surface area contributed by atoms with Crippen molar-refractivity contribution in [1.82, 2.24) is 10.4 Å². The number of anilines is 1. The van der Waals surface area contributed by atoms with Crippen LogP contribution in [0.25, 0.3) is 11.1 Å². The summed E-state index contributed by atoms with van der Waals surface area (Å²) in [6, 6.07) is 13.5. The average Bonchev–Trinajstić information content (AvgIpc) is 2.87. The van der Waals surface area contributed by atoms with Crippen LogP contribution in [0.1, 0.15) is 12.8 Å². The normalized spacial score (nSPS) is 15.8. The quantitative estimate of drug-likeness (QED) is 0.182. The van der Waals surface area contributed by atoms with Crippen molar-refractivity contribution in [3.63, 3.8) is 0 Å². The number of nitrogens with zero attached hydrogens (tertiary/aromatic N) is 2. The van der Waals surface area contributed by atoms with E-state index in [1.807, 2.05) is 24.3 Å². The van der Waals surface area contributed by atoms with Crippen molar-refractivity contribution in [3.05, 3.63) is 53.0 Å². The van der Waals surface area contributed by atoms with Gasteiger partial charge >= 0.3 is 6.09 Å². The van der Waals surface area contributed by atoms with Crippen molar-refractivity contribution in [3.8, 4) is 11.1 Å². The minimum atomic E-state index is -2.55. The third kappa shape index (κ3) is 7.01. The van der Waals surface area contributed by atoms with Gasteiger partial charge in [-0.25, -0.2) is 14.5 Å². The highest BCUT2D eigenvalue weighted by Crippen LogP contribution is 2.31. The van der Waals surface area contributed by atoms with Gasteiger partial charge in [0.1, 0.15) is 12.6 Å². The molecule has 0 spiro atoms. The number of carbonyl (C=O) groups is 2. The van der Waals surface area contributed by atoms with Crippen molar-refractivity contribution in [2.24, 2.45) is 5.92 Å². The van der Waals surface area contributed by atoms with Crippen LogP contribution >= 0.6 is 15.9 Å². The summed E-state index contributed by atoms with van der Waals surface area (Å²) in [7, 11) is 1.51. The van der Waals surface area contributed by atoms with Gasteiger partial charge in [-0.05, 0) is 54.2 Å². The molecule has 10 nitrogen and oxygen atoms in total. The van der Waals surface area contributed by atoms with Crippen molar-refractivity contribution >= 4 is 44.9 Å². The van der Waals surface area contributed by atoms with Gasteiger partial charge in [0.15, 0.2) is 0 Å². The Hall–Kier alpha value is -2.51. The zero-order chi connectivity index (χ0) is 25.4. The summed E-state index contributed by atoms with van der Waals surface area (Å²) in [4.78, 5) is 26.4. The first-order chi connectivity index (χ1) is 16.8. The van der Waals surface area contributed by atoms with Crippen LogP contribution in [-0.2, 0) is 25.5 Å². The SMILES string of the molecule is COCCOC(=O)N1CCC(C(C(=O)NO)N(c2ccc(-c3ccc(Br)cc3)cc2)S(=O)O)CC1. The summed E-state index contributed by atoms with van der Waals surface area (Å²) in [5.74, 6) is -1.20. The average molecular weight is 570 g/mol. The Morgan fingerprint density at radius 2 is 1.69 bits per heavy atom. The second-order valence-corrected chi connectivity index (χ2v) is 9.73. The highest BCUT2D eigenvalue weighted by molar-refractivity contribution is 9.10. The second-order valence-electron chi connectivity index (χ2n) is 7.96. The van der Waals surface area contributed by atoms with Gasteiger partial charge in [0.25, 0.3) is 17.2 Å². The topological polar surface area (TPSA) is 129 Å². The summed E-state index contributed by atoms with van der Waals surface area (Å²) in [5.41, 5.74) is 3.84. The second kappa shape index (κ2) is 13.0. The van der Waals surface area contributed by atoms with Gasteiger partial charge < -0.3 is 14.4 Å². The van der Waals surface area contributed by atoms with Gasteiger partial charge in [-0.1, -0.05) is 40.2 Å². The molecule has 2 aromatic carbocycles. The fraction of sp³-hybridized carbons (Fsp3) is 0.391. The molecule has 2 unspecified atom stereocenters. The lowest BCUT2D eigenvalue weighted by Gasteiger charge is -2.38. The first-order valence-electron chi connectivity index (χ1n) is 11.0. The molecule has 1 fully saturated rings. The number of amides is 2.